The van der Waals surface area contributed by atoms with E-state index in [-0.39, 0.29) is 11.7 Å². The summed E-state index contributed by atoms with van der Waals surface area (Å²) in [6, 6.07) is 10.6. The smallest absolute Gasteiger partial charge is 0.434 e. The van der Waals surface area contributed by atoms with E-state index in [0.717, 1.165) is 22.3 Å². The molecule has 0 unspecified atom stereocenters. The van der Waals surface area contributed by atoms with Crippen LogP contribution in [-0.4, -0.2) is 40.4 Å². The topological polar surface area (TPSA) is 74.6 Å². The van der Waals surface area contributed by atoms with Crippen LogP contribution in [0.15, 0.2) is 36.4 Å². The molecule has 3 aromatic rings. The van der Waals surface area contributed by atoms with Gasteiger partial charge in [0.2, 0.25) is 0 Å². The zero-order valence-electron chi connectivity index (χ0n) is 19.8. The summed E-state index contributed by atoms with van der Waals surface area (Å²) in [5.41, 5.74) is 1.00. The van der Waals surface area contributed by atoms with E-state index in [1.807, 2.05) is 45.9 Å². The van der Waals surface area contributed by atoms with Gasteiger partial charge >= 0.3 is 13.7 Å². The highest BCUT2D eigenvalue weighted by molar-refractivity contribution is 6.62. The van der Waals surface area contributed by atoms with Crippen molar-refractivity contribution in [2.45, 2.75) is 69.4 Å². The number of carbonyl (C=O) groups is 1. The lowest BCUT2D eigenvalue weighted by atomic mass is 9.63. The second kappa shape index (κ2) is 6.23. The van der Waals surface area contributed by atoms with Crippen LogP contribution in [0.1, 0.15) is 62.3 Å². The average Bonchev–Trinajstić information content (AvgIpc) is 3.34. The van der Waals surface area contributed by atoms with Gasteiger partial charge in [-0.25, -0.2) is 4.98 Å². The average molecular weight is 479 g/mol. The molecule has 10 heteroatoms. The number of rotatable bonds is 3. The van der Waals surface area contributed by atoms with Crippen molar-refractivity contribution >= 4 is 29.5 Å². The van der Waals surface area contributed by atoms with Crippen LogP contribution in [0.25, 0.3) is 11.0 Å². The van der Waals surface area contributed by atoms with Crippen LogP contribution in [0.2, 0.25) is 0 Å². The molecule has 1 amide bonds. The zero-order chi connectivity index (χ0) is 24.5. The molecule has 5 aliphatic rings. The van der Waals surface area contributed by atoms with Crippen LogP contribution >= 0.6 is 0 Å². The van der Waals surface area contributed by atoms with Gasteiger partial charge in [-0.15, -0.1) is 0 Å². The van der Waals surface area contributed by atoms with Crippen LogP contribution in [0.5, 0.6) is 5.75 Å². The maximum absolute atomic E-state index is 13.3. The summed E-state index contributed by atoms with van der Waals surface area (Å²) in [6.45, 7) is 5.03. The normalized spacial score (nSPS) is 29.0. The molecule has 7 nitrogen and oxygen atoms in total. The van der Waals surface area contributed by atoms with Crippen molar-refractivity contribution < 1.29 is 27.6 Å². The first kappa shape index (κ1) is 21.3. The number of alkyl halides is 2. The molecule has 2 bridgehead atoms. The van der Waals surface area contributed by atoms with Crippen LogP contribution < -0.4 is 15.5 Å². The van der Waals surface area contributed by atoms with Gasteiger partial charge in [0, 0.05) is 24.0 Å². The predicted molar refractivity (Wildman–Crippen MR) is 124 cm³/mol. The van der Waals surface area contributed by atoms with E-state index in [2.05, 4.69) is 9.88 Å². The third-order valence-corrected chi connectivity index (χ3v) is 8.55. The molecule has 180 valence electrons. The molecule has 0 atom stereocenters. The Bertz CT molecular complexity index is 1430. The van der Waals surface area contributed by atoms with Gasteiger partial charge < -0.3 is 23.9 Å². The summed E-state index contributed by atoms with van der Waals surface area (Å²) < 4.78 is 46.2. The third-order valence-electron chi connectivity index (χ3n) is 8.55. The van der Waals surface area contributed by atoms with Crippen molar-refractivity contribution in [1.29, 1.82) is 0 Å². The fourth-order valence-corrected chi connectivity index (χ4v) is 6.35. The van der Waals surface area contributed by atoms with Gasteiger partial charge in [-0.05, 0) is 57.4 Å². The summed E-state index contributed by atoms with van der Waals surface area (Å²) in [5.74, 6) is 0.472. The fraction of sp³-hybridized carbons (Fsp3) is 0.440. The largest absolute Gasteiger partial charge is 0.494 e. The molecule has 5 heterocycles. The number of fused-ring (bicyclic) bond motifs is 2. The second-order valence-corrected chi connectivity index (χ2v) is 11.1. The molecule has 0 spiro atoms. The van der Waals surface area contributed by atoms with Crippen molar-refractivity contribution in [2.24, 2.45) is 0 Å². The van der Waals surface area contributed by atoms with Crippen LogP contribution in [0, 0.1) is 0 Å². The van der Waals surface area contributed by atoms with Crippen molar-refractivity contribution in [3.05, 3.63) is 53.3 Å². The SMILES string of the molecule is CC1(C)OB(c2ccc3nc4n(c3c2)C23CC4(C2)NC(=O)c2cccc(OC(F)F)c23)OC1(C)C. The summed E-state index contributed by atoms with van der Waals surface area (Å²) in [7, 11) is -0.547. The molecule has 1 aromatic heterocycles. The first-order valence-electron chi connectivity index (χ1n) is 11.8. The van der Waals surface area contributed by atoms with Crippen molar-refractivity contribution in [3.63, 3.8) is 0 Å². The molecule has 8 rings (SSSR count). The standard InChI is InChI=1S/C25H24BF2N3O4/c1-22(2)23(3,4)35-26(34-22)13-8-9-15-16(10-13)31-20(29-15)24-11-25(31,12-24)18-14(19(32)30-24)6-5-7-17(18)33-21(27)28/h5-10,21H,11-12H2,1-4H3,(H,30,32). The molecule has 2 fully saturated rings. The molecule has 2 aromatic carbocycles. The van der Waals surface area contributed by atoms with Crippen LogP contribution in [0.4, 0.5) is 8.78 Å². The maximum atomic E-state index is 13.3. The lowest BCUT2D eigenvalue weighted by molar-refractivity contribution is -0.0519. The molecule has 4 aliphatic heterocycles. The number of imidazole rings is 1. The zero-order valence-corrected chi connectivity index (χ0v) is 19.8. The van der Waals surface area contributed by atoms with Crippen molar-refractivity contribution in [3.8, 4) is 5.75 Å². The maximum Gasteiger partial charge on any atom is 0.494 e. The Morgan fingerprint density at radius 2 is 1.83 bits per heavy atom. The minimum absolute atomic E-state index is 0.0277. The number of amides is 1. The Labute approximate surface area is 200 Å². The lowest BCUT2D eigenvalue weighted by Crippen LogP contribution is -2.53. The lowest BCUT2D eigenvalue weighted by Gasteiger charge is -2.45. The number of aromatic nitrogens is 2. The predicted octanol–water partition coefficient (Wildman–Crippen LogP) is 3.43. The van der Waals surface area contributed by atoms with Crippen LogP contribution in [-0.2, 0) is 20.4 Å². The Morgan fingerprint density at radius 1 is 1.11 bits per heavy atom. The summed E-state index contributed by atoms with van der Waals surface area (Å²) >= 11 is 0. The minimum atomic E-state index is -3.00. The van der Waals surface area contributed by atoms with E-state index in [9.17, 15) is 13.6 Å². The second-order valence-electron chi connectivity index (χ2n) is 11.1. The van der Waals surface area contributed by atoms with E-state index >= 15 is 0 Å². The fourth-order valence-electron chi connectivity index (χ4n) is 6.35. The number of hydrogen-bond acceptors (Lipinski definition) is 5. The summed E-state index contributed by atoms with van der Waals surface area (Å²) in [5, 5.41) is 3.14. The van der Waals surface area contributed by atoms with Gasteiger partial charge in [-0.3, -0.25) is 4.79 Å². The first-order chi connectivity index (χ1) is 16.5. The highest BCUT2D eigenvalue weighted by Crippen LogP contribution is 2.67. The van der Waals surface area contributed by atoms with Gasteiger partial charge in [0.15, 0.2) is 0 Å². The van der Waals surface area contributed by atoms with E-state index in [1.165, 1.54) is 6.07 Å². The molecular weight excluding hydrogens is 455 g/mol. The quantitative estimate of drug-likeness (QED) is 0.583. The highest BCUT2D eigenvalue weighted by Gasteiger charge is 2.71. The van der Waals surface area contributed by atoms with Gasteiger partial charge in [0.25, 0.3) is 5.91 Å². The summed E-state index contributed by atoms with van der Waals surface area (Å²) in [4.78, 5) is 18.0. The monoisotopic (exact) mass is 479 g/mol. The van der Waals surface area contributed by atoms with Gasteiger partial charge in [0.1, 0.15) is 17.1 Å². The number of ether oxygens (including phenoxy) is 1. The minimum Gasteiger partial charge on any atom is -0.434 e. The Balaban J connectivity index is 1.42. The summed E-state index contributed by atoms with van der Waals surface area (Å²) in [6.07, 6.45) is 1.09. The number of hydrogen-bond donors (Lipinski definition) is 1. The first-order valence-corrected chi connectivity index (χ1v) is 11.8. The number of halogens is 2. The van der Waals surface area contributed by atoms with E-state index in [1.54, 1.807) is 12.1 Å². The van der Waals surface area contributed by atoms with Crippen molar-refractivity contribution in [2.75, 3.05) is 0 Å². The number of carbonyl (C=O) groups excluding carboxylic acids is 1. The van der Waals surface area contributed by atoms with E-state index < -0.39 is 36.0 Å². The van der Waals surface area contributed by atoms with Crippen LogP contribution in [0.3, 0.4) is 0 Å². The van der Waals surface area contributed by atoms with E-state index in [4.69, 9.17) is 19.0 Å². The molecule has 1 saturated heterocycles. The molecule has 1 saturated carbocycles. The Hall–Kier alpha value is -2.98. The highest BCUT2D eigenvalue weighted by atomic mass is 19.3. The number of nitrogens with one attached hydrogen (secondary N) is 1. The van der Waals surface area contributed by atoms with Gasteiger partial charge in [-0.2, -0.15) is 8.78 Å². The van der Waals surface area contributed by atoms with E-state index in [0.29, 0.717) is 24.0 Å². The van der Waals surface area contributed by atoms with Gasteiger partial charge in [0.05, 0.1) is 27.8 Å². The molecule has 1 aliphatic carbocycles. The molecule has 35 heavy (non-hydrogen) atoms. The third kappa shape index (κ3) is 2.51. The molecular formula is C25H24BF2N3O4. The van der Waals surface area contributed by atoms with Crippen molar-refractivity contribution in [1.82, 2.24) is 14.9 Å². The molecule has 0 radical (unpaired) electrons. The Morgan fingerprint density at radius 3 is 2.51 bits per heavy atom. The number of benzene rings is 2. The van der Waals surface area contributed by atoms with Gasteiger partial charge in [-0.1, -0.05) is 12.1 Å². The molecule has 1 N–H and O–H groups in total. The Kier molecular flexibility index (Phi) is 3.79. The number of nitrogens with zero attached hydrogens (tertiary/aromatic N) is 2.